The normalized spacial score (nSPS) is 12.3. The van der Waals surface area contributed by atoms with Crippen molar-refractivity contribution in [2.45, 2.75) is 26.4 Å². The minimum absolute atomic E-state index is 0.790. The zero-order valence-electron chi connectivity index (χ0n) is 8.66. The molecule has 0 fully saturated rings. The Bertz CT molecular complexity index is 461. The van der Waals surface area contributed by atoms with E-state index in [2.05, 4.69) is 0 Å². The fourth-order valence-corrected chi connectivity index (χ4v) is 1.93. The van der Waals surface area contributed by atoms with Gasteiger partial charge >= 0.3 is 0 Å². The lowest BCUT2D eigenvalue weighted by atomic mass is 9.95. The molecular formula is C12H14O2. The van der Waals surface area contributed by atoms with Gasteiger partial charge < -0.3 is 9.52 Å². The van der Waals surface area contributed by atoms with Gasteiger partial charge in [-0.2, -0.15) is 0 Å². The molecule has 0 unspecified atom stereocenters. The number of hydrogen-bond donors (Lipinski definition) is 1. The molecule has 0 aliphatic heterocycles. The maximum Gasteiger partial charge on any atom is 0.134 e. The zero-order chi connectivity index (χ0) is 10.3. The van der Waals surface area contributed by atoms with Crippen LogP contribution in [0.4, 0.5) is 0 Å². The van der Waals surface area contributed by atoms with E-state index >= 15 is 0 Å². The Morgan fingerprint density at radius 1 is 1.21 bits per heavy atom. The van der Waals surface area contributed by atoms with E-state index in [1.54, 1.807) is 13.8 Å². The Labute approximate surface area is 83.2 Å². The first kappa shape index (κ1) is 9.28. The van der Waals surface area contributed by atoms with Gasteiger partial charge in [-0.1, -0.05) is 18.2 Å². The highest BCUT2D eigenvalue weighted by Crippen LogP contribution is 2.33. The Balaban J connectivity index is 2.81. The average molecular weight is 190 g/mol. The van der Waals surface area contributed by atoms with Crippen LogP contribution in [0, 0.1) is 6.92 Å². The predicted molar refractivity (Wildman–Crippen MR) is 56.2 cm³/mol. The highest BCUT2D eigenvalue weighted by atomic mass is 16.3. The Morgan fingerprint density at radius 3 is 2.50 bits per heavy atom. The Kier molecular flexibility index (Phi) is 1.89. The lowest BCUT2D eigenvalue weighted by Crippen LogP contribution is -2.15. The molecule has 1 aromatic carbocycles. The van der Waals surface area contributed by atoms with Crippen LogP contribution in [0.5, 0.6) is 0 Å². The average Bonchev–Trinajstić information content (AvgIpc) is 2.38. The van der Waals surface area contributed by atoms with Gasteiger partial charge in [-0.3, -0.25) is 0 Å². The summed E-state index contributed by atoms with van der Waals surface area (Å²) in [5, 5.41) is 11.0. The van der Waals surface area contributed by atoms with Crippen molar-refractivity contribution in [1.29, 1.82) is 0 Å². The molecule has 0 aliphatic carbocycles. The number of aliphatic hydroxyl groups is 1. The van der Waals surface area contributed by atoms with Crippen LogP contribution in [-0.4, -0.2) is 5.11 Å². The van der Waals surface area contributed by atoms with Crippen molar-refractivity contribution in [3.63, 3.8) is 0 Å². The van der Waals surface area contributed by atoms with Crippen LogP contribution >= 0.6 is 0 Å². The molecule has 1 heterocycles. The van der Waals surface area contributed by atoms with Crippen LogP contribution in [-0.2, 0) is 5.60 Å². The van der Waals surface area contributed by atoms with Gasteiger partial charge in [0.2, 0.25) is 0 Å². The van der Waals surface area contributed by atoms with Gasteiger partial charge in [-0.05, 0) is 26.8 Å². The molecule has 2 rings (SSSR count). The number of benzene rings is 1. The summed E-state index contributed by atoms with van der Waals surface area (Å²) >= 11 is 0. The number of furan rings is 1. The number of aryl methyl sites for hydroxylation is 1. The maximum atomic E-state index is 10.00. The summed E-state index contributed by atoms with van der Waals surface area (Å²) < 4.78 is 5.57. The maximum absolute atomic E-state index is 10.00. The molecule has 2 heteroatoms. The van der Waals surface area contributed by atoms with Crippen LogP contribution in [0.3, 0.4) is 0 Å². The molecule has 0 atom stereocenters. The fourth-order valence-electron chi connectivity index (χ4n) is 1.93. The van der Waals surface area contributed by atoms with E-state index in [9.17, 15) is 5.11 Å². The van der Waals surface area contributed by atoms with Gasteiger partial charge in [-0.15, -0.1) is 0 Å². The number of rotatable bonds is 1. The van der Waals surface area contributed by atoms with Crippen molar-refractivity contribution in [2.24, 2.45) is 0 Å². The molecular weight excluding hydrogens is 176 g/mol. The highest BCUT2D eigenvalue weighted by molar-refractivity contribution is 5.83. The van der Waals surface area contributed by atoms with Crippen molar-refractivity contribution in [2.75, 3.05) is 0 Å². The van der Waals surface area contributed by atoms with Crippen LogP contribution in [0.1, 0.15) is 25.2 Å². The Hall–Kier alpha value is -1.28. The minimum atomic E-state index is -0.851. The standard InChI is InChI=1S/C12H14O2/c1-8-11(12(2,3)13)9-6-4-5-7-10(9)14-8/h4-7,13H,1-3H3. The van der Waals surface area contributed by atoms with Crippen molar-refractivity contribution in [1.82, 2.24) is 0 Å². The predicted octanol–water partition coefficient (Wildman–Crippen LogP) is 2.97. The molecule has 0 aliphatic rings. The topological polar surface area (TPSA) is 33.4 Å². The first-order valence-corrected chi connectivity index (χ1v) is 4.71. The molecule has 0 saturated carbocycles. The molecule has 14 heavy (non-hydrogen) atoms. The van der Waals surface area contributed by atoms with Gasteiger partial charge in [0, 0.05) is 10.9 Å². The van der Waals surface area contributed by atoms with Crippen molar-refractivity contribution in [3.05, 3.63) is 35.6 Å². The van der Waals surface area contributed by atoms with Crippen LogP contribution in [0.15, 0.2) is 28.7 Å². The Morgan fingerprint density at radius 2 is 1.86 bits per heavy atom. The lowest BCUT2D eigenvalue weighted by molar-refractivity contribution is 0.0783. The summed E-state index contributed by atoms with van der Waals surface area (Å²) in [6, 6.07) is 7.77. The lowest BCUT2D eigenvalue weighted by Gasteiger charge is -2.16. The molecule has 0 spiro atoms. The van der Waals surface area contributed by atoms with Crippen LogP contribution in [0.2, 0.25) is 0 Å². The summed E-state index contributed by atoms with van der Waals surface area (Å²) in [5.41, 5.74) is 0.867. The van der Waals surface area contributed by atoms with Crippen molar-refractivity contribution < 1.29 is 9.52 Å². The van der Waals surface area contributed by atoms with E-state index in [1.807, 2.05) is 31.2 Å². The molecule has 2 aromatic rings. The minimum Gasteiger partial charge on any atom is -0.461 e. The first-order chi connectivity index (χ1) is 6.50. The molecule has 0 bridgehead atoms. The van der Waals surface area contributed by atoms with E-state index in [1.165, 1.54) is 0 Å². The highest BCUT2D eigenvalue weighted by Gasteiger charge is 2.24. The quantitative estimate of drug-likeness (QED) is 0.750. The molecule has 0 radical (unpaired) electrons. The summed E-state index contributed by atoms with van der Waals surface area (Å²) in [7, 11) is 0. The van der Waals surface area contributed by atoms with E-state index < -0.39 is 5.60 Å². The van der Waals surface area contributed by atoms with Crippen molar-refractivity contribution >= 4 is 11.0 Å². The summed E-state index contributed by atoms with van der Waals surface area (Å²) in [5.74, 6) is 0.790. The number of para-hydroxylation sites is 1. The largest absolute Gasteiger partial charge is 0.461 e. The molecule has 0 saturated heterocycles. The van der Waals surface area contributed by atoms with E-state index in [4.69, 9.17) is 4.42 Å². The molecule has 0 amide bonds. The van der Waals surface area contributed by atoms with Gasteiger partial charge in [0.1, 0.15) is 11.3 Å². The van der Waals surface area contributed by atoms with Crippen molar-refractivity contribution in [3.8, 4) is 0 Å². The van der Waals surface area contributed by atoms with Gasteiger partial charge in [-0.25, -0.2) is 0 Å². The van der Waals surface area contributed by atoms with E-state index in [0.29, 0.717) is 0 Å². The number of hydrogen-bond acceptors (Lipinski definition) is 2. The fraction of sp³-hybridized carbons (Fsp3) is 0.333. The first-order valence-electron chi connectivity index (χ1n) is 4.71. The monoisotopic (exact) mass is 190 g/mol. The van der Waals surface area contributed by atoms with E-state index in [0.717, 1.165) is 22.3 Å². The van der Waals surface area contributed by atoms with Gasteiger partial charge in [0.15, 0.2) is 0 Å². The second-order valence-corrected chi connectivity index (χ2v) is 4.09. The molecule has 74 valence electrons. The van der Waals surface area contributed by atoms with Gasteiger partial charge in [0.05, 0.1) is 5.60 Å². The number of fused-ring (bicyclic) bond motifs is 1. The van der Waals surface area contributed by atoms with Gasteiger partial charge in [0.25, 0.3) is 0 Å². The second-order valence-electron chi connectivity index (χ2n) is 4.09. The third-order valence-electron chi connectivity index (χ3n) is 2.38. The third kappa shape index (κ3) is 1.32. The van der Waals surface area contributed by atoms with Crippen LogP contribution in [0.25, 0.3) is 11.0 Å². The summed E-state index contributed by atoms with van der Waals surface area (Å²) in [6.07, 6.45) is 0. The summed E-state index contributed by atoms with van der Waals surface area (Å²) in [4.78, 5) is 0. The third-order valence-corrected chi connectivity index (χ3v) is 2.38. The zero-order valence-corrected chi connectivity index (χ0v) is 8.66. The van der Waals surface area contributed by atoms with Crippen LogP contribution < -0.4 is 0 Å². The molecule has 1 aromatic heterocycles. The van der Waals surface area contributed by atoms with E-state index in [-0.39, 0.29) is 0 Å². The molecule has 2 nitrogen and oxygen atoms in total. The second kappa shape index (κ2) is 2.85. The smallest absolute Gasteiger partial charge is 0.134 e. The SMILES string of the molecule is Cc1oc2ccccc2c1C(C)(C)O. The molecule has 1 N–H and O–H groups in total. The summed E-state index contributed by atoms with van der Waals surface area (Å²) in [6.45, 7) is 5.43.